The van der Waals surface area contributed by atoms with Gasteiger partial charge in [-0.1, -0.05) is 0 Å². The maximum absolute atomic E-state index is 10.5. The molecule has 0 aliphatic carbocycles. The van der Waals surface area contributed by atoms with E-state index in [-0.39, 0.29) is 18.3 Å². The normalized spacial score (nSPS) is 9.88. The van der Waals surface area contributed by atoms with E-state index in [4.69, 9.17) is 11.5 Å². The van der Waals surface area contributed by atoms with Crippen LogP contribution in [0.3, 0.4) is 0 Å². The average molecular weight is 225 g/mol. The van der Waals surface area contributed by atoms with E-state index in [1.54, 1.807) is 19.0 Å². The van der Waals surface area contributed by atoms with Crippen LogP contribution in [-0.2, 0) is 4.79 Å². The third-order valence-corrected chi connectivity index (χ3v) is 1.70. The summed E-state index contributed by atoms with van der Waals surface area (Å²) in [6, 6.07) is 0. The number of hydrogen-bond donors (Lipinski definition) is 3. The summed E-state index contributed by atoms with van der Waals surface area (Å²) in [5.74, 6) is 0.522. The third-order valence-electron chi connectivity index (χ3n) is 1.70. The van der Waals surface area contributed by atoms with Gasteiger partial charge in [-0.15, -0.1) is 0 Å². The lowest BCUT2D eigenvalue weighted by Gasteiger charge is -2.11. The number of carbonyl (C=O) groups is 1. The average Bonchev–Trinajstić information content (AvgIpc) is 2.16. The number of amides is 1. The molecule has 0 aliphatic heterocycles. The Balaban J connectivity index is 2.69. The number of nitrogens with one attached hydrogen (secondary N) is 1. The van der Waals surface area contributed by atoms with Crippen LogP contribution in [0.4, 0.5) is 17.8 Å². The molecule has 1 aromatic rings. The molecule has 8 nitrogen and oxygen atoms in total. The smallest absolute Gasteiger partial charge is 0.231 e. The Kier molecular flexibility index (Phi) is 3.81. The predicted octanol–water partition coefficient (Wildman–Crippen LogP) is -1.19. The first-order chi connectivity index (χ1) is 7.49. The molecule has 0 saturated carbocycles. The van der Waals surface area contributed by atoms with Gasteiger partial charge in [0.15, 0.2) is 0 Å². The van der Waals surface area contributed by atoms with Gasteiger partial charge in [-0.2, -0.15) is 15.0 Å². The molecule has 0 radical (unpaired) electrons. The summed E-state index contributed by atoms with van der Waals surface area (Å²) >= 11 is 0. The van der Waals surface area contributed by atoms with E-state index in [1.807, 2.05) is 0 Å². The Morgan fingerprint density at radius 1 is 1.38 bits per heavy atom. The molecule has 0 saturated heterocycles. The van der Waals surface area contributed by atoms with E-state index in [0.717, 1.165) is 0 Å². The van der Waals surface area contributed by atoms with Gasteiger partial charge in [-0.3, -0.25) is 4.79 Å². The Hall–Kier alpha value is -2.12. The summed E-state index contributed by atoms with van der Waals surface area (Å²) in [6.07, 6.45) is 0.211. The fourth-order valence-corrected chi connectivity index (χ4v) is 0.957. The molecule has 0 spiro atoms. The van der Waals surface area contributed by atoms with Crippen LogP contribution in [0.25, 0.3) is 0 Å². The summed E-state index contributed by atoms with van der Waals surface area (Å²) in [5, 5.41) is 2.84. The second-order valence-electron chi connectivity index (χ2n) is 3.35. The number of hydrogen-bond acceptors (Lipinski definition) is 7. The van der Waals surface area contributed by atoms with Crippen molar-refractivity contribution in [2.45, 2.75) is 6.42 Å². The number of nitrogens with two attached hydrogens (primary N) is 2. The zero-order valence-electron chi connectivity index (χ0n) is 9.27. The molecule has 0 bridgehead atoms. The van der Waals surface area contributed by atoms with E-state index < -0.39 is 0 Å². The first kappa shape index (κ1) is 12.0. The summed E-state index contributed by atoms with van der Waals surface area (Å²) in [6.45, 7) is 0.367. The minimum atomic E-state index is -0.387. The summed E-state index contributed by atoms with van der Waals surface area (Å²) < 4.78 is 0. The van der Waals surface area contributed by atoms with E-state index in [1.165, 1.54) is 0 Å². The zero-order valence-corrected chi connectivity index (χ0v) is 9.27. The summed E-state index contributed by atoms with van der Waals surface area (Å²) in [7, 11) is 3.59. The van der Waals surface area contributed by atoms with E-state index in [9.17, 15) is 4.79 Å². The first-order valence-electron chi connectivity index (χ1n) is 4.70. The molecule has 1 heterocycles. The van der Waals surface area contributed by atoms with Gasteiger partial charge >= 0.3 is 0 Å². The molecule has 1 rings (SSSR count). The molecule has 1 aromatic heterocycles. The van der Waals surface area contributed by atoms with Gasteiger partial charge in [0, 0.05) is 27.1 Å². The lowest BCUT2D eigenvalue weighted by atomic mass is 10.4. The van der Waals surface area contributed by atoms with Crippen molar-refractivity contribution >= 4 is 23.8 Å². The van der Waals surface area contributed by atoms with Crippen LogP contribution in [-0.4, -0.2) is 41.5 Å². The Morgan fingerprint density at radius 3 is 2.62 bits per heavy atom. The quantitative estimate of drug-likeness (QED) is 0.575. The second-order valence-corrected chi connectivity index (χ2v) is 3.35. The van der Waals surface area contributed by atoms with Gasteiger partial charge in [0.05, 0.1) is 0 Å². The molecule has 0 fully saturated rings. The highest BCUT2D eigenvalue weighted by atomic mass is 16.1. The van der Waals surface area contributed by atoms with Crippen molar-refractivity contribution in [3.8, 4) is 0 Å². The lowest BCUT2D eigenvalue weighted by molar-refractivity contribution is -0.117. The van der Waals surface area contributed by atoms with E-state index in [2.05, 4.69) is 20.3 Å². The maximum Gasteiger partial charge on any atom is 0.231 e. The minimum absolute atomic E-state index is 0.125. The van der Waals surface area contributed by atoms with E-state index >= 15 is 0 Å². The van der Waals surface area contributed by atoms with Gasteiger partial charge in [0.1, 0.15) is 0 Å². The third kappa shape index (κ3) is 3.56. The molecule has 0 atom stereocenters. The molecule has 88 valence electrons. The van der Waals surface area contributed by atoms with Gasteiger partial charge in [-0.25, -0.2) is 0 Å². The second kappa shape index (κ2) is 5.10. The molecule has 8 heteroatoms. The number of nitrogen functional groups attached to an aromatic ring is 1. The molecule has 0 aromatic carbocycles. The van der Waals surface area contributed by atoms with Crippen LogP contribution in [0, 0.1) is 0 Å². The predicted molar refractivity (Wildman–Crippen MR) is 60.9 cm³/mol. The van der Waals surface area contributed by atoms with Crippen LogP contribution in [0.15, 0.2) is 0 Å². The Morgan fingerprint density at radius 2 is 2.06 bits per heavy atom. The molecule has 16 heavy (non-hydrogen) atoms. The number of nitrogens with zero attached hydrogens (tertiary/aromatic N) is 4. The number of anilines is 3. The minimum Gasteiger partial charge on any atom is -0.370 e. The number of aromatic nitrogens is 3. The van der Waals surface area contributed by atoms with Crippen LogP contribution in [0.1, 0.15) is 6.42 Å². The number of rotatable bonds is 5. The van der Waals surface area contributed by atoms with Crippen molar-refractivity contribution in [2.75, 3.05) is 36.6 Å². The molecule has 0 aliphatic rings. The lowest BCUT2D eigenvalue weighted by Crippen LogP contribution is -2.19. The molecule has 0 unspecified atom stereocenters. The number of carbonyl (C=O) groups excluding carboxylic acids is 1. The monoisotopic (exact) mass is 225 g/mol. The van der Waals surface area contributed by atoms with Crippen molar-refractivity contribution in [2.24, 2.45) is 5.73 Å². The van der Waals surface area contributed by atoms with Crippen molar-refractivity contribution in [3.63, 3.8) is 0 Å². The fourth-order valence-electron chi connectivity index (χ4n) is 0.957. The van der Waals surface area contributed by atoms with Crippen molar-refractivity contribution in [1.29, 1.82) is 0 Å². The van der Waals surface area contributed by atoms with Crippen molar-refractivity contribution in [3.05, 3.63) is 0 Å². The highest BCUT2D eigenvalue weighted by Gasteiger charge is 2.05. The summed E-state index contributed by atoms with van der Waals surface area (Å²) in [5.41, 5.74) is 10.5. The topological polar surface area (TPSA) is 123 Å². The zero-order chi connectivity index (χ0) is 12.1. The molecular formula is C8H15N7O. The van der Waals surface area contributed by atoms with Crippen LogP contribution in [0.2, 0.25) is 0 Å². The highest BCUT2D eigenvalue weighted by Crippen LogP contribution is 2.08. The van der Waals surface area contributed by atoms with Gasteiger partial charge in [0.2, 0.25) is 23.8 Å². The van der Waals surface area contributed by atoms with Gasteiger partial charge in [0.25, 0.3) is 0 Å². The van der Waals surface area contributed by atoms with Crippen LogP contribution >= 0.6 is 0 Å². The van der Waals surface area contributed by atoms with Crippen LogP contribution in [0.5, 0.6) is 0 Å². The van der Waals surface area contributed by atoms with Gasteiger partial charge < -0.3 is 21.7 Å². The molecule has 1 amide bonds. The highest BCUT2D eigenvalue weighted by molar-refractivity contribution is 5.74. The standard InChI is InChI=1S/C8H15N7O/c1-15(2)8-13-6(10)12-7(14-8)11-4-3-5(9)16/h3-4H2,1-2H3,(H2,9,16)(H3,10,11,12,13,14). The van der Waals surface area contributed by atoms with Gasteiger partial charge in [-0.05, 0) is 0 Å². The Labute approximate surface area is 93.1 Å². The first-order valence-corrected chi connectivity index (χ1v) is 4.70. The maximum atomic E-state index is 10.5. The van der Waals surface area contributed by atoms with E-state index in [0.29, 0.717) is 18.4 Å². The van der Waals surface area contributed by atoms with Crippen molar-refractivity contribution in [1.82, 2.24) is 15.0 Å². The fraction of sp³-hybridized carbons (Fsp3) is 0.500. The number of primary amides is 1. The van der Waals surface area contributed by atoms with Crippen LogP contribution < -0.4 is 21.7 Å². The largest absolute Gasteiger partial charge is 0.370 e. The molecule has 5 N–H and O–H groups in total. The SMILES string of the molecule is CN(C)c1nc(N)nc(NCCC(N)=O)n1. The summed E-state index contributed by atoms with van der Waals surface area (Å²) in [4.78, 5) is 24.1. The Bertz CT molecular complexity index is 379. The van der Waals surface area contributed by atoms with Crippen molar-refractivity contribution < 1.29 is 4.79 Å². The molecular weight excluding hydrogens is 210 g/mol.